The number of halogens is 1. The van der Waals surface area contributed by atoms with Crippen molar-refractivity contribution in [3.05, 3.63) is 60.6 Å². The highest BCUT2D eigenvalue weighted by atomic mass is 35.5. The summed E-state index contributed by atoms with van der Waals surface area (Å²) in [5.74, 6) is -1.13. The van der Waals surface area contributed by atoms with Crippen molar-refractivity contribution in [2.45, 2.75) is 6.92 Å². The Hall–Kier alpha value is -2.38. The third kappa shape index (κ3) is 2.15. The molecule has 8 heteroatoms. The molecule has 1 aromatic carbocycles. The molecule has 2 heterocycles. The van der Waals surface area contributed by atoms with E-state index in [1.54, 1.807) is 25.1 Å². The first-order chi connectivity index (χ1) is 10.4. The quantitative estimate of drug-likeness (QED) is 0.751. The van der Waals surface area contributed by atoms with Gasteiger partial charge in [0.05, 0.1) is 11.1 Å². The van der Waals surface area contributed by atoms with Gasteiger partial charge < -0.3 is 5.11 Å². The third-order valence-corrected chi connectivity index (χ3v) is 4.68. The first-order valence-corrected chi connectivity index (χ1v) is 7.37. The predicted octanol–water partition coefficient (Wildman–Crippen LogP) is 2.40. The smallest absolute Gasteiger partial charge is 0.346 e. The van der Waals surface area contributed by atoms with Gasteiger partial charge in [0.25, 0.3) is 5.56 Å². The number of fused-ring (bicyclic) bond motifs is 1. The minimum absolute atomic E-state index is 0.0339. The van der Waals surface area contributed by atoms with Crippen LogP contribution < -0.4 is 11.2 Å². The van der Waals surface area contributed by atoms with Crippen molar-refractivity contribution in [2.24, 2.45) is 0 Å². The summed E-state index contributed by atoms with van der Waals surface area (Å²) in [7, 11) is 0. The van der Waals surface area contributed by atoms with E-state index in [1.165, 1.54) is 6.07 Å². The number of aromatic nitrogens is 2. The molecule has 0 spiro atoms. The molecule has 0 saturated carbocycles. The summed E-state index contributed by atoms with van der Waals surface area (Å²) in [5.41, 5.74) is -0.548. The fourth-order valence-electron chi connectivity index (χ4n) is 2.27. The standard InChI is InChI=1S/C14H9ClN2O4S/c1-6-9-11(22-10(6)13(19)20)16-14(21)17(12(9)18)8-4-2-3-7(15)5-8/h2-5H,1H3,(H,16,21)(H,19,20). The molecule has 3 aromatic rings. The molecule has 2 aromatic heterocycles. The number of aromatic carboxylic acids is 1. The summed E-state index contributed by atoms with van der Waals surface area (Å²) in [6, 6.07) is 6.32. The van der Waals surface area contributed by atoms with Gasteiger partial charge in [-0.05, 0) is 30.7 Å². The van der Waals surface area contributed by atoms with Gasteiger partial charge in [0.1, 0.15) is 9.71 Å². The van der Waals surface area contributed by atoms with Crippen molar-refractivity contribution >= 4 is 39.1 Å². The fraction of sp³-hybridized carbons (Fsp3) is 0.0714. The van der Waals surface area contributed by atoms with E-state index in [1.807, 2.05) is 0 Å². The molecule has 22 heavy (non-hydrogen) atoms. The summed E-state index contributed by atoms with van der Waals surface area (Å²) in [6.45, 7) is 1.55. The molecule has 0 aliphatic rings. The molecule has 0 unspecified atom stereocenters. The molecular formula is C14H9ClN2O4S. The van der Waals surface area contributed by atoms with E-state index in [0.29, 0.717) is 16.3 Å². The van der Waals surface area contributed by atoms with Crippen molar-refractivity contribution < 1.29 is 9.90 Å². The second kappa shape index (κ2) is 5.11. The molecule has 112 valence electrons. The van der Waals surface area contributed by atoms with Crippen LogP contribution >= 0.6 is 22.9 Å². The molecule has 0 aliphatic carbocycles. The first-order valence-electron chi connectivity index (χ1n) is 6.18. The molecule has 3 rings (SSSR count). The van der Waals surface area contributed by atoms with Crippen LogP contribution in [0.15, 0.2) is 33.9 Å². The van der Waals surface area contributed by atoms with E-state index < -0.39 is 17.2 Å². The number of hydrogen-bond donors (Lipinski definition) is 2. The van der Waals surface area contributed by atoms with E-state index in [-0.39, 0.29) is 15.1 Å². The average Bonchev–Trinajstić information content (AvgIpc) is 2.76. The van der Waals surface area contributed by atoms with Crippen LogP contribution in [0.5, 0.6) is 0 Å². The number of carboxylic acid groups (broad SMARTS) is 1. The molecule has 0 bridgehead atoms. The van der Waals surface area contributed by atoms with Crippen molar-refractivity contribution in [3.63, 3.8) is 0 Å². The Balaban J connectivity index is 2.43. The van der Waals surface area contributed by atoms with Crippen LogP contribution in [-0.2, 0) is 0 Å². The number of hydrogen-bond acceptors (Lipinski definition) is 4. The zero-order valence-corrected chi connectivity index (χ0v) is 12.8. The molecule has 0 aliphatic heterocycles. The molecule has 0 saturated heterocycles. The van der Waals surface area contributed by atoms with Gasteiger partial charge in [0.15, 0.2) is 0 Å². The lowest BCUT2D eigenvalue weighted by atomic mass is 10.2. The number of aryl methyl sites for hydroxylation is 1. The molecular weight excluding hydrogens is 328 g/mol. The Labute approximate surface area is 132 Å². The number of benzene rings is 1. The Bertz CT molecular complexity index is 1030. The Morgan fingerprint density at radius 2 is 2.09 bits per heavy atom. The van der Waals surface area contributed by atoms with E-state index in [4.69, 9.17) is 16.7 Å². The molecule has 0 radical (unpaired) electrons. The Morgan fingerprint density at radius 1 is 1.36 bits per heavy atom. The maximum atomic E-state index is 12.6. The highest BCUT2D eigenvalue weighted by molar-refractivity contribution is 7.20. The van der Waals surface area contributed by atoms with Crippen molar-refractivity contribution in [1.29, 1.82) is 0 Å². The second-order valence-corrected chi connectivity index (χ2v) is 6.07. The number of carboxylic acids is 1. The van der Waals surface area contributed by atoms with Gasteiger partial charge in [-0.2, -0.15) is 0 Å². The molecule has 0 atom stereocenters. The normalized spacial score (nSPS) is 11.0. The van der Waals surface area contributed by atoms with Gasteiger partial charge in [-0.1, -0.05) is 17.7 Å². The maximum absolute atomic E-state index is 12.6. The molecule has 6 nitrogen and oxygen atoms in total. The summed E-state index contributed by atoms with van der Waals surface area (Å²) in [5, 5.41) is 9.72. The van der Waals surface area contributed by atoms with Crippen LogP contribution in [0.4, 0.5) is 0 Å². The lowest BCUT2D eigenvalue weighted by Crippen LogP contribution is -2.33. The van der Waals surface area contributed by atoms with Crippen molar-refractivity contribution in [2.75, 3.05) is 0 Å². The second-order valence-electron chi connectivity index (χ2n) is 4.62. The zero-order valence-electron chi connectivity index (χ0n) is 11.2. The van der Waals surface area contributed by atoms with E-state index >= 15 is 0 Å². The minimum atomic E-state index is -1.13. The van der Waals surface area contributed by atoms with Crippen LogP contribution in [0.2, 0.25) is 5.02 Å². The predicted molar refractivity (Wildman–Crippen MR) is 84.7 cm³/mol. The zero-order chi connectivity index (χ0) is 16.0. The van der Waals surface area contributed by atoms with Gasteiger partial charge in [-0.25, -0.2) is 14.2 Å². The molecule has 0 amide bonds. The number of thiophene rings is 1. The van der Waals surface area contributed by atoms with Crippen LogP contribution in [0.1, 0.15) is 15.2 Å². The first kappa shape index (κ1) is 14.6. The van der Waals surface area contributed by atoms with Crippen LogP contribution in [0.25, 0.3) is 15.9 Å². The third-order valence-electron chi connectivity index (χ3n) is 3.25. The minimum Gasteiger partial charge on any atom is -0.477 e. The van der Waals surface area contributed by atoms with Crippen LogP contribution in [0, 0.1) is 6.92 Å². The summed E-state index contributed by atoms with van der Waals surface area (Å²) in [4.78, 5) is 38.8. The highest BCUT2D eigenvalue weighted by Crippen LogP contribution is 2.26. The summed E-state index contributed by atoms with van der Waals surface area (Å²) in [6.07, 6.45) is 0. The van der Waals surface area contributed by atoms with Gasteiger partial charge in [0, 0.05) is 5.02 Å². The maximum Gasteiger partial charge on any atom is 0.346 e. The summed E-state index contributed by atoms with van der Waals surface area (Å²) < 4.78 is 0.944. The van der Waals surface area contributed by atoms with Gasteiger partial charge in [-0.3, -0.25) is 9.78 Å². The monoisotopic (exact) mass is 336 g/mol. The van der Waals surface area contributed by atoms with Crippen molar-refractivity contribution in [3.8, 4) is 5.69 Å². The van der Waals surface area contributed by atoms with Gasteiger partial charge in [-0.15, -0.1) is 11.3 Å². The van der Waals surface area contributed by atoms with Gasteiger partial charge in [0.2, 0.25) is 0 Å². The number of nitrogens with zero attached hydrogens (tertiary/aromatic N) is 1. The number of H-pyrrole nitrogens is 1. The Kier molecular flexibility index (Phi) is 3.38. The van der Waals surface area contributed by atoms with Gasteiger partial charge >= 0.3 is 11.7 Å². The SMILES string of the molecule is Cc1c(C(=O)O)sc2[nH]c(=O)n(-c3cccc(Cl)c3)c(=O)c12. The van der Waals surface area contributed by atoms with Crippen molar-refractivity contribution in [1.82, 2.24) is 9.55 Å². The summed E-state index contributed by atoms with van der Waals surface area (Å²) >= 11 is 6.76. The molecule has 0 fully saturated rings. The van der Waals surface area contributed by atoms with E-state index in [2.05, 4.69) is 4.98 Å². The lowest BCUT2D eigenvalue weighted by molar-refractivity contribution is 0.0701. The molecule has 2 N–H and O–H groups in total. The lowest BCUT2D eigenvalue weighted by Gasteiger charge is -2.05. The van der Waals surface area contributed by atoms with Crippen LogP contribution in [0.3, 0.4) is 0 Å². The number of aromatic amines is 1. The largest absolute Gasteiger partial charge is 0.477 e. The Morgan fingerprint density at radius 3 is 2.73 bits per heavy atom. The highest BCUT2D eigenvalue weighted by Gasteiger charge is 2.20. The number of rotatable bonds is 2. The fourth-order valence-corrected chi connectivity index (χ4v) is 3.48. The number of carbonyl (C=O) groups is 1. The van der Waals surface area contributed by atoms with E-state index in [0.717, 1.165) is 15.9 Å². The van der Waals surface area contributed by atoms with Crippen LogP contribution in [-0.4, -0.2) is 20.6 Å². The topological polar surface area (TPSA) is 92.2 Å². The van der Waals surface area contributed by atoms with E-state index in [9.17, 15) is 14.4 Å². The number of nitrogens with one attached hydrogen (secondary N) is 1. The average molecular weight is 337 g/mol.